The molecule has 1 saturated heterocycles. The Kier molecular flexibility index (Phi) is 3.48. The van der Waals surface area contributed by atoms with Gasteiger partial charge < -0.3 is 9.64 Å². The van der Waals surface area contributed by atoms with E-state index in [2.05, 4.69) is 6.58 Å². The molecule has 74 valence electrons. The van der Waals surface area contributed by atoms with E-state index in [1.807, 2.05) is 7.05 Å². The molecule has 3 nitrogen and oxygen atoms in total. The lowest BCUT2D eigenvalue weighted by Crippen LogP contribution is -2.40. The third kappa shape index (κ3) is 2.56. The van der Waals surface area contributed by atoms with Gasteiger partial charge in [-0.2, -0.15) is 0 Å². The third-order valence-electron chi connectivity index (χ3n) is 2.42. The normalized spacial score (nSPS) is 18.3. The van der Waals surface area contributed by atoms with Gasteiger partial charge in [0.05, 0.1) is 0 Å². The van der Waals surface area contributed by atoms with Crippen molar-refractivity contribution in [1.29, 1.82) is 0 Å². The molecule has 0 radical (unpaired) electrons. The Balaban J connectivity index is 2.49. The molecule has 1 heterocycles. The molecule has 1 fully saturated rings. The molecule has 0 aliphatic carbocycles. The van der Waals surface area contributed by atoms with Gasteiger partial charge in [-0.1, -0.05) is 6.58 Å². The Labute approximate surface area is 79.4 Å². The lowest BCUT2D eigenvalue weighted by Gasteiger charge is -2.31. The lowest BCUT2D eigenvalue weighted by atomic mass is 10.1. The van der Waals surface area contributed by atoms with Gasteiger partial charge in [0.25, 0.3) is 0 Å². The monoisotopic (exact) mass is 183 g/mol. The van der Waals surface area contributed by atoms with E-state index in [1.54, 1.807) is 11.8 Å². The maximum Gasteiger partial charge on any atom is 0.248 e. The predicted molar refractivity (Wildman–Crippen MR) is 51.4 cm³/mol. The summed E-state index contributed by atoms with van der Waals surface area (Å²) in [5.41, 5.74) is 0.606. The first-order valence-corrected chi connectivity index (χ1v) is 4.63. The Morgan fingerprint density at radius 1 is 1.46 bits per heavy atom. The number of hydrogen-bond donors (Lipinski definition) is 0. The second-order valence-corrected chi connectivity index (χ2v) is 3.54. The van der Waals surface area contributed by atoms with Crippen molar-refractivity contribution in [3.05, 3.63) is 12.2 Å². The zero-order valence-electron chi connectivity index (χ0n) is 8.38. The van der Waals surface area contributed by atoms with Crippen LogP contribution < -0.4 is 0 Å². The average molecular weight is 183 g/mol. The molecule has 0 saturated carbocycles. The molecule has 1 aliphatic heterocycles. The Morgan fingerprint density at radius 3 is 2.46 bits per heavy atom. The summed E-state index contributed by atoms with van der Waals surface area (Å²) >= 11 is 0. The minimum absolute atomic E-state index is 0.0481. The van der Waals surface area contributed by atoms with Gasteiger partial charge in [-0.25, -0.2) is 0 Å². The van der Waals surface area contributed by atoms with Gasteiger partial charge in [-0.05, 0) is 19.8 Å². The fraction of sp³-hybridized carbons (Fsp3) is 0.700. The van der Waals surface area contributed by atoms with Crippen LogP contribution >= 0.6 is 0 Å². The molecule has 1 aliphatic rings. The van der Waals surface area contributed by atoms with Crippen LogP contribution in [-0.2, 0) is 9.53 Å². The van der Waals surface area contributed by atoms with E-state index in [1.165, 1.54) is 0 Å². The van der Waals surface area contributed by atoms with Crippen LogP contribution in [0.5, 0.6) is 0 Å². The molecule has 0 aromatic carbocycles. The molecule has 0 atom stereocenters. The first-order valence-electron chi connectivity index (χ1n) is 4.63. The van der Waals surface area contributed by atoms with Gasteiger partial charge in [0.2, 0.25) is 5.91 Å². The topological polar surface area (TPSA) is 29.5 Å². The van der Waals surface area contributed by atoms with Crippen molar-refractivity contribution >= 4 is 5.91 Å². The molecule has 0 bridgehead atoms. The highest BCUT2D eigenvalue weighted by atomic mass is 16.5. The van der Waals surface area contributed by atoms with E-state index in [9.17, 15) is 4.79 Å². The Bertz CT molecular complexity index is 207. The van der Waals surface area contributed by atoms with E-state index in [0.717, 1.165) is 26.1 Å². The molecule has 1 rings (SSSR count). The van der Waals surface area contributed by atoms with Crippen LogP contribution in [0.3, 0.4) is 0 Å². The molecule has 0 spiro atoms. The minimum Gasteiger partial charge on any atom is -0.381 e. The first kappa shape index (κ1) is 10.3. The van der Waals surface area contributed by atoms with Crippen molar-refractivity contribution in [1.82, 2.24) is 4.90 Å². The highest BCUT2D eigenvalue weighted by Gasteiger charge is 2.22. The zero-order chi connectivity index (χ0) is 9.84. The number of likely N-dealkylation sites (N-methyl/N-ethyl adjacent to an activating group) is 1. The summed E-state index contributed by atoms with van der Waals surface area (Å²) in [5, 5.41) is 0. The quantitative estimate of drug-likeness (QED) is 0.602. The van der Waals surface area contributed by atoms with Crippen molar-refractivity contribution < 1.29 is 9.53 Å². The number of hydrogen-bond acceptors (Lipinski definition) is 2. The van der Waals surface area contributed by atoms with Gasteiger partial charge in [0.15, 0.2) is 0 Å². The van der Waals surface area contributed by atoms with Gasteiger partial charge in [-0.15, -0.1) is 0 Å². The first-order chi connectivity index (χ1) is 6.13. The van der Waals surface area contributed by atoms with Gasteiger partial charge in [0.1, 0.15) is 0 Å². The number of rotatable bonds is 2. The number of carbonyl (C=O) groups is 1. The van der Waals surface area contributed by atoms with Crippen molar-refractivity contribution in [2.75, 3.05) is 20.3 Å². The molecular formula is C10H17NO2. The summed E-state index contributed by atoms with van der Waals surface area (Å²) < 4.78 is 5.23. The van der Waals surface area contributed by atoms with Crippen LogP contribution in [0.2, 0.25) is 0 Å². The summed E-state index contributed by atoms with van der Waals surface area (Å²) in [5.74, 6) is 0.0481. The van der Waals surface area contributed by atoms with Gasteiger partial charge >= 0.3 is 0 Å². The summed E-state index contributed by atoms with van der Waals surface area (Å²) in [6.07, 6.45) is 1.88. The standard InChI is InChI=1S/C10H17NO2/c1-8(2)10(12)11(3)9-4-6-13-7-5-9/h9H,1,4-7H2,2-3H3. The zero-order valence-corrected chi connectivity index (χ0v) is 8.38. The number of amides is 1. The molecule has 0 N–H and O–H groups in total. The second-order valence-electron chi connectivity index (χ2n) is 3.54. The van der Waals surface area contributed by atoms with Gasteiger partial charge in [-0.3, -0.25) is 4.79 Å². The van der Waals surface area contributed by atoms with Crippen LogP contribution in [0, 0.1) is 0 Å². The minimum atomic E-state index is 0.0481. The molecule has 0 aromatic rings. The average Bonchev–Trinajstić information content (AvgIpc) is 2.17. The number of nitrogens with zero attached hydrogens (tertiary/aromatic N) is 1. The van der Waals surface area contributed by atoms with Crippen LogP contribution in [-0.4, -0.2) is 37.1 Å². The van der Waals surface area contributed by atoms with Crippen LogP contribution in [0.4, 0.5) is 0 Å². The molecule has 13 heavy (non-hydrogen) atoms. The van der Waals surface area contributed by atoms with E-state index < -0.39 is 0 Å². The summed E-state index contributed by atoms with van der Waals surface area (Å²) in [6.45, 7) is 6.92. The van der Waals surface area contributed by atoms with Crippen molar-refractivity contribution in [2.24, 2.45) is 0 Å². The SMILES string of the molecule is C=C(C)C(=O)N(C)C1CCOCC1. The highest BCUT2D eigenvalue weighted by Crippen LogP contribution is 2.14. The molecule has 1 amide bonds. The largest absolute Gasteiger partial charge is 0.381 e. The summed E-state index contributed by atoms with van der Waals surface area (Å²) in [6, 6.07) is 0.331. The summed E-state index contributed by atoms with van der Waals surface area (Å²) in [4.78, 5) is 13.3. The number of carbonyl (C=O) groups excluding carboxylic acids is 1. The number of ether oxygens (including phenoxy) is 1. The predicted octanol–water partition coefficient (Wildman–Crippen LogP) is 1.20. The van der Waals surface area contributed by atoms with Crippen molar-refractivity contribution in [2.45, 2.75) is 25.8 Å². The van der Waals surface area contributed by atoms with E-state index >= 15 is 0 Å². The fourth-order valence-corrected chi connectivity index (χ4v) is 1.54. The van der Waals surface area contributed by atoms with Crippen LogP contribution in [0.1, 0.15) is 19.8 Å². The molecule has 0 unspecified atom stereocenters. The molecular weight excluding hydrogens is 166 g/mol. The maximum atomic E-state index is 11.5. The highest BCUT2D eigenvalue weighted by molar-refractivity contribution is 5.92. The third-order valence-corrected chi connectivity index (χ3v) is 2.42. The fourth-order valence-electron chi connectivity index (χ4n) is 1.54. The summed E-state index contributed by atoms with van der Waals surface area (Å²) in [7, 11) is 1.84. The van der Waals surface area contributed by atoms with Crippen molar-refractivity contribution in [3.63, 3.8) is 0 Å². The van der Waals surface area contributed by atoms with E-state index in [-0.39, 0.29) is 5.91 Å². The van der Waals surface area contributed by atoms with Crippen molar-refractivity contribution in [3.8, 4) is 0 Å². The maximum absolute atomic E-state index is 11.5. The van der Waals surface area contributed by atoms with Gasteiger partial charge in [0, 0.05) is 31.9 Å². The second kappa shape index (κ2) is 4.42. The van der Waals surface area contributed by atoms with E-state index in [4.69, 9.17) is 4.74 Å². The van der Waals surface area contributed by atoms with E-state index in [0.29, 0.717) is 11.6 Å². The molecule has 0 aromatic heterocycles. The van der Waals surface area contributed by atoms with Crippen LogP contribution in [0.25, 0.3) is 0 Å². The molecule has 3 heteroatoms. The Hall–Kier alpha value is -0.830. The lowest BCUT2D eigenvalue weighted by molar-refractivity contribution is -0.129. The smallest absolute Gasteiger partial charge is 0.248 e. The Morgan fingerprint density at radius 2 is 2.00 bits per heavy atom. The van der Waals surface area contributed by atoms with Crippen LogP contribution in [0.15, 0.2) is 12.2 Å².